The maximum atomic E-state index is 12.4. The largest absolute Gasteiger partial charge is 0.417 e. The summed E-state index contributed by atoms with van der Waals surface area (Å²) >= 11 is 0. The van der Waals surface area contributed by atoms with Crippen LogP contribution in [0.15, 0.2) is 0 Å². The minimum absolute atomic E-state index is 0.131. The number of hydroxylamine groups is 2. The first-order valence-corrected chi connectivity index (χ1v) is 10.4. The molecular formula is C15H29NO3Si. The molecule has 0 spiro atoms. The van der Waals surface area contributed by atoms with Crippen LogP contribution in [-0.4, -0.2) is 40.1 Å². The quantitative estimate of drug-likeness (QED) is 0.578. The molecule has 0 aromatic rings. The van der Waals surface area contributed by atoms with Crippen molar-refractivity contribution < 1.29 is 14.1 Å². The highest BCUT2D eigenvalue weighted by molar-refractivity contribution is 6.74. The molecule has 3 aliphatic rings. The fourth-order valence-corrected chi connectivity index (χ4v) is 4.16. The molecule has 1 unspecified atom stereocenters. The zero-order valence-electron chi connectivity index (χ0n) is 13.9. The summed E-state index contributed by atoms with van der Waals surface area (Å²) < 4.78 is 6.31. The number of carbonyl (C=O) groups excluding carboxylic acids is 1. The third-order valence-corrected chi connectivity index (χ3v) is 10.4. The van der Waals surface area contributed by atoms with E-state index < -0.39 is 8.32 Å². The molecule has 0 aromatic heterocycles. The summed E-state index contributed by atoms with van der Waals surface area (Å²) in [6, 6.07) is 0. The van der Waals surface area contributed by atoms with E-state index in [2.05, 4.69) is 33.9 Å². The molecule has 0 aliphatic heterocycles. The molecule has 4 nitrogen and oxygen atoms in total. The van der Waals surface area contributed by atoms with Crippen molar-refractivity contribution in [2.45, 2.75) is 51.7 Å². The van der Waals surface area contributed by atoms with Gasteiger partial charge in [0.25, 0.3) is 5.91 Å². The molecule has 3 saturated carbocycles. The van der Waals surface area contributed by atoms with Gasteiger partial charge in [-0.3, -0.25) is 9.63 Å². The SMILES string of the molecule is CON(C)C(=O)C12CC(C1)C2CO[Si](C)(C)C(C)(C)C. The van der Waals surface area contributed by atoms with Gasteiger partial charge in [0.1, 0.15) is 0 Å². The molecule has 0 saturated heterocycles. The van der Waals surface area contributed by atoms with Gasteiger partial charge in [-0.05, 0) is 42.8 Å². The van der Waals surface area contributed by atoms with Crippen molar-refractivity contribution in [3.8, 4) is 0 Å². The molecule has 116 valence electrons. The first-order valence-electron chi connectivity index (χ1n) is 7.51. The van der Waals surface area contributed by atoms with E-state index >= 15 is 0 Å². The molecule has 3 fully saturated rings. The molecule has 0 aromatic carbocycles. The van der Waals surface area contributed by atoms with Crippen LogP contribution < -0.4 is 0 Å². The van der Waals surface area contributed by atoms with Gasteiger partial charge >= 0.3 is 0 Å². The van der Waals surface area contributed by atoms with Gasteiger partial charge in [0, 0.05) is 13.7 Å². The van der Waals surface area contributed by atoms with Crippen molar-refractivity contribution in [3.05, 3.63) is 0 Å². The number of hydrogen-bond acceptors (Lipinski definition) is 3. The summed E-state index contributed by atoms with van der Waals surface area (Å²) in [7, 11) is 1.53. The van der Waals surface area contributed by atoms with E-state index in [9.17, 15) is 4.79 Å². The van der Waals surface area contributed by atoms with Gasteiger partial charge in [-0.1, -0.05) is 20.8 Å². The Hall–Kier alpha value is -0.393. The van der Waals surface area contributed by atoms with Gasteiger partial charge in [-0.25, -0.2) is 5.06 Å². The minimum atomic E-state index is -1.72. The summed E-state index contributed by atoms with van der Waals surface area (Å²) in [5, 5.41) is 1.61. The summed E-state index contributed by atoms with van der Waals surface area (Å²) in [5.41, 5.74) is -0.183. The average Bonchev–Trinajstić information content (AvgIpc) is 2.23. The normalized spacial score (nSPS) is 32.4. The van der Waals surface area contributed by atoms with E-state index in [1.54, 1.807) is 14.2 Å². The molecule has 0 heterocycles. The van der Waals surface area contributed by atoms with Crippen molar-refractivity contribution in [2.75, 3.05) is 20.8 Å². The van der Waals surface area contributed by atoms with E-state index in [1.165, 1.54) is 5.06 Å². The summed E-state index contributed by atoms with van der Waals surface area (Å²) in [4.78, 5) is 17.5. The molecule has 20 heavy (non-hydrogen) atoms. The second-order valence-electron chi connectivity index (χ2n) is 7.99. The van der Waals surface area contributed by atoms with Crippen molar-refractivity contribution in [2.24, 2.45) is 17.3 Å². The Morgan fingerprint density at radius 1 is 1.35 bits per heavy atom. The first-order chi connectivity index (χ1) is 9.05. The molecule has 5 heteroatoms. The van der Waals surface area contributed by atoms with E-state index in [0.29, 0.717) is 11.8 Å². The third-order valence-electron chi connectivity index (χ3n) is 5.95. The van der Waals surface area contributed by atoms with Gasteiger partial charge in [0.05, 0.1) is 12.5 Å². The van der Waals surface area contributed by atoms with Gasteiger partial charge in [0.15, 0.2) is 8.32 Å². The Balaban J connectivity index is 1.95. The standard InChI is InChI=1S/C15H29NO3Si/c1-14(2,3)20(6,7)19-10-12-11-8-15(12,9-11)13(17)16(4)18-5/h11-12H,8-10H2,1-7H3. The molecule has 0 radical (unpaired) electrons. The zero-order valence-corrected chi connectivity index (χ0v) is 14.9. The van der Waals surface area contributed by atoms with Crippen LogP contribution in [0.4, 0.5) is 0 Å². The second-order valence-corrected chi connectivity index (χ2v) is 12.8. The summed E-state index contributed by atoms with van der Waals surface area (Å²) in [6.45, 7) is 12.0. The number of rotatable bonds is 5. The molecular weight excluding hydrogens is 270 g/mol. The van der Waals surface area contributed by atoms with Crippen LogP contribution in [-0.2, 0) is 14.1 Å². The number of carbonyl (C=O) groups is 1. The van der Waals surface area contributed by atoms with Crippen molar-refractivity contribution in [1.29, 1.82) is 0 Å². The smallest absolute Gasteiger partial charge is 0.252 e. The molecule has 3 rings (SSSR count). The van der Waals surface area contributed by atoms with Crippen LogP contribution in [0.1, 0.15) is 33.6 Å². The summed E-state index contributed by atoms with van der Waals surface area (Å²) in [6.07, 6.45) is 2.04. The molecule has 1 amide bonds. The third kappa shape index (κ3) is 2.24. The van der Waals surface area contributed by atoms with E-state index in [0.717, 1.165) is 19.4 Å². The Labute approximate surface area is 123 Å². The topological polar surface area (TPSA) is 38.8 Å². The van der Waals surface area contributed by atoms with Gasteiger partial charge in [-0.2, -0.15) is 0 Å². The Morgan fingerprint density at radius 3 is 2.25 bits per heavy atom. The zero-order chi connectivity index (χ0) is 15.3. The Morgan fingerprint density at radius 2 is 1.90 bits per heavy atom. The lowest BCUT2D eigenvalue weighted by atomic mass is 9.37. The monoisotopic (exact) mass is 299 g/mol. The van der Waals surface area contributed by atoms with E-state index in [1.807, 2.05) is 0 Å². The number of hydrogen-bond donors (Lipinski definition) is 0. The van der Waals surface area contributed by atoms with Crippen LogP contribution in [0.3, 0.4) is 0 Å². The van der Waals surface area contributed by atoms with Gasteiger partial charge in [-0.15, -0.1) is 0 Å². The van der Waals surface area contributed by atoms with Crippen LogP contribution in [0, 0.1) is 17.3 Å². The van der Waals surface area contributed by atoms with Crippen molar-refractivity contribution in [1.82, 2.24) is 5.06 Å². The minimum Gasteiger partial charge on any atom is -0.417 e. The van der Waals surface area contributed by atoms with Crippen LogP contribution in [0.25, 0.3) is 0 Å². The fourth-order valence-electron chi connectivity index (χ4n) is 3.13. The predicted molar refractivity (Wildman–Crippen MR) is 81.6 cm³/mol. The lowest BCUT2D eigenvalue weighted by molar-refractivity contribution is -0.240. The lowest BCUT2D eigenvalue weighted by Gasteiger charge is -2.67. The highest BCUT2D eigenvalue weighted by Gasteiger charge is 2.70. The number of nitrogens with zero attached hydrogens (tertiary/aromatic N) is 1. The number of amides is 1. The maximum absolute atomic E-state index is 12.4. The van der Waals surface area contributed by atoms with Gasteiger partial charge in [0.2, 0.25) is 0 Å². The molecule has 1 atom stereocenters. The highest BCUT2D eigenvalue weighted by atomic mass is 28.4. The average molecular weight is 299 g/mol. The van der Waals surface area contributed by atoms with Gasteiger partial charge < -0.3 is 4.43 Å². The van der Waals surface area contributed by atoms with Crippen LogP contribution >= 0.6 is 0 Å². The molecule has 0 N–H and O–H groups in total. The fraction of sp³-hybridized carbons (Fsp3) is 0.933. The lowest BCUT2D eigenvalue weighted by Crippen LogP contribution is -2.69. The second kappa shape index (κ2) is 4.82. The maximum Gasteiger partial charge on any atom is 0.252 e. The summed E-state index contributed by atoms with van der Waals surface area (Å²) in [5.74, 6) is 1.22. The van der Waals surface area contributed by atoms with Crippen molar-refractivity contribution in [3.63, 3.8) is 0 Å². The molecule has 2 bridgehead atoms. The molecule has 3 aliphatic carbocycles. The van der Waals surface area contributed by atoms with Crippen molar-refractivity contribution >= 4 is 14.2 Å². The Bertz CT molecular complexity index is 396. The van der Waals surface area contributed by atoms with Crippen LogP contribution in [0.5, 0.6) is 0 Å². The predicted octanol–water partition coefficient (Wildman–Crippen LogP) is 3.05. The van der Waals surface area contributed by atoms with E-state index in [4.69, 9.17) is 9.26 Å². The van der Waals surface area contributed by atoms with Crippen LogP contribution in [0.2, 0.25) is 18.1 Å². The Kier molecular flexibility index (Phi) is 3.85. The first kappa shape index (κ1) is 16.0. The highest BCUT2D eigenvalue weighted by Crippen LogP contribution is 2.69. The van der Waals surface area contributed by atoms with E-state index in [-0.39, 0.29) is 16.4 Å².